The first-order valence-corrected chi connectivity index (χ1v) is 10.3. The molecule has 148 valence electrons. The number of carbonyl (C=O) groups is 1. The molecule has 2 heterocycles. The van der Waals surface area contributed by atoms with Gasteiger partial charge in [0.15, 0.2) is 11.6 Å². The molecule has 0 unspecified atom stereocenters. The van der Waals surface area contributed by atoms with Gasteiger partial charge in [0.25, 0.3) is 0 Å². The van der Waals surface area contributed by atoms with Gasteiger partial charge in [0.1, 0.15) is 11.5 Å². The number of ketones is 1. The molecular weight excluding hydrogens is 388 g/mol. The van der Waals surface area contributed by atoms with Crippen LogP contribution in [0.2, 0.25) is 0 Å². The standard InChI is InChI=1S/C19H19F2N3O3S/c1-3-6-28(26,27)24-15-5-4-14(20)17(18(15)21)16(25)9-12-8-13-7-11(2)23-19(13)22-10-12/h4-5,7-8,10,24H,3,6,9H2,1-2H3,(H,22,23). The number of benzene rings is 1. The third-order valence-corrected chi connectivity index (χ3v) is 5.61. The van der Waals surface area contributed by atoms with Gasteiger partial charge in [-0.25, -0.2) is 22.2 Å². The van der Waals surface area contributed by atoms with Crippen LogP contribution in [0.5, 0.6) is 0 Å². The molecule has 0 radical (unpaired) electrons. The van der Waals surface area contributed by atoms with Crippen LogP contribution in [-0.2, 0) is 16.4 Å². The molecule has 1 aromatic carbocycles. The van der Waals surface area contributed by atoms with Crippen LogP contribution >= 0.6 is 0 Å². The number of rotatable bonds is 7. The van der Waals surface area contributed by atoms with Crippen LogP contribution in [-0.4, -0.2) is 29.9 Å². The molecule has 3 aromatic rings. The molecule has 28 heavy (non-hydrogen) atoms. The second kappa shape index (κ2) is 7.67. The van der Waals surface area contributed by atoms with Gasteiger partial charge in [-0.3, -0.25) is 9.52 Å². The first kappa shape index (κ1) is 19.9. The maximum Gasteiger partial charge on any atom is 0.232 e. The summed E-state index contributed by atoms with van der Waals surface area (Å²) >= 11 is 0. The quantitative estimate of drug-likeness (QED) is 0.584. The largest absolute Gasteiger partial charge is 0.344 e. The van der Waals surface area contributed by atoms with Crippen molar-refractivity contribution in [3.8, 4) is 0 Å². The van der Waals surface area contributed by atoms with Crippen LogP contribution in [0.25, 0.3) is 11.0 Å². The number of halogens is 2. The minimum Gasteiger partial charge on any atom is -0.344 e. The smallest absolute Gasteiger partial charge is 0.232 e. The Hall–Kier alpha value is -2.81. The van der Waals surface area contributed by atoms with Crippen molar-refractivity contribution in [2.24, 2.45) is 0 Å². The number of hydrogen-bond donors (Lipinski definition) is 2. The lowest BCUT2D eigenvalue weighted by atomic mass is 10.0. The Bertz CT molecular complexity index is 1160. The summed E-state index contributed by atoms with van der Waals surface area (Å²) in [6.45, 7) is 3.52. The highest BCUT2D eigenvalue weighted by Crippen LogP contribution is 2.24. The summed E-state index contributed by atoms with van der Waals surface area (Å²) in [7, 11) is -3.78. The van der Waals surface area contributed by atoms with Crippen molar-refractivity contribution in [1.29, 1.82) is 0 Å². The van der Waals surface area contributed by atoms with E-state index in [1.807, 2.05) is 13.0 Å². The third-order valence-electron chi connectivity index (χ3n) is 4.13. The topological polar surface area (TPSA) is 91.9 Å². The van der Waals surface area contributed by atoms with Crippen molar-refractivity contribution in [2.75, 3.05) is 10.5 Å². The fraction of sp³-hybridized carbons (Fsp3) is 0.263. The van der Waals surface area contributed by atoms with Gasteiger partial charge in [-0.2, -0.15) is 0 Å². The van der Waals surface area contributed by atoms with Crippen molar-refractivity contribution in [3.05, 3.63) is 58.9 Å². The molecule has 2 aromatic heterocycles. The van der Waals surface area contributed by atoms with Crippen LogP contribution in [0.15, 0.2) is 30.5 Å². The average molecular weight is 407 g/mol. The second-order valence-corrected chi connectivity index (χ2v) is 8.38. The molecule has 0 saturated heterocycles. The number of pyridine rings is 1. The fourth-order valence-corrected chi connectivity index (χ4v) is 4.07. The number of aryl methyl sites for hydroxylation is 1. The van der Waals surface area contributed by atoms with Gasteiger partial charge in [0.05, 0.1) is 17.0 Å². The van der Waals surface area contributed by atoms with Gasteiger partial charge in [0.2, 0.25) is 10.0 Å². The predicted octanol–water partition coefficient (Wildman–Crippen LogP) is 3.73. The molecule has 9 heteroatoms. The van der Waals surface area contributed by atoms with Crippen molar-refractivity contribution in [3.63, 3.8) is 0 Å². The molecule has 0 amide bonds. The maximum atomic E-state index is 14.7. The predicted molar refractivity (Wildman–Crippen MR) is 103 cm³/mol. The Kier molecular flexibility index (Phi) is 5.46. The lowest BCUT2D eigenvalue weighted by Gasteiger charge is -2.11. The molecule has 0 spiro atoms. The SMILES string of the molecule is CCCS(=O)(=O)Nc1ccc(F)c(C(=O)Cc2cnc3[nH]c(C)cc3c2)c1F. The number of aromatic nitrogens is 2. The highest BCUT2D eigenvalue weighted by molar-refractivity contribution is 7.92. The van der Waals surface area contributed by atoms with Crippen LogP contribution in [0.4, 0.5) is 14.5 Å². The van der Waals surface area contributed by atoms with E-state index in [4.69, 9.17) is 0 Å². The Morgan fingerprint density at radius 2 is 2.00 bits per heavy atom. The Balaban J connectivity index is 1.90. The number of nitrogens with zero attached hydrogens (tertiary/aromatic N) is 1. The van der Waals surface area contributed by atoms with Crippen LogP contribution < -0.4 is 4.72 Å². The summed E-state index contributed by atoms with van der Waals surface area (Å²) in [5.41, 5.74) is 0.816. The Labute approximate surface area is 161 Å². The lowest BCUT2D eigenvalue weighted by Crippen LogP contribution is -2.19. The molecule has 0 aliphatic rings. The number of Topliss-reactive ketones (excluding diaryl/α,β-unsaturated/α-hetero) is 1. The van der Waals surface area contributed by atoms with E-state index in [0.717, 1.165) is 23.2 Å². The van der Waals surface area contributed by atoms with E-state index < -0.39 is 38.7 Å². The molecule has 0 saturated carbocycles. The summed E-state index contributed by atoms with van der Waals surface area (Å²) in [4.78, 5) is 19.8. The highest BCUT2D eigenvalue weighted by Gasteiger charge is 2.23. The van der Waals surface area contributed by atoms with E-state index >= 15 is 0 Å². The van der Waals surface area contributed by atoms with Crippen LogP contribution in [0, 0.1) is 18.6 Å². The number of fused-ring (bicyclic) bond motifs is 1. The maximum absolute atomic E-state index is 14.7. The number of nitrogens with one attached hydrogen (secondary N) is 2. The summed E-state index contributed by atoms with van der Waals surface area (Å²) in [6, 6.07) is 5.40. The number of sulfonamides is 1. The van der Waals surface area contributed by atoms with E-state index in [-0.39, 0.29) is 12.2 Å². The molecule has 0 aliphatic heterocycles. The number of anilines is 1. The summed E-state index contributed by atoms with van der Waals surface area (Å²) in [5, 5.41) is 0.782. The molecule has 0 atom stereocenters. The molecule has 6 nitrogen and oxygen atoms in total. The van der Waals surface area contributed by atoms with E-state index in [1.165, 1.54) is 6.20 Å². The van der Waals surface area contributed by atoms with Crippen molar-refractivity contribution >= 4 is 32.5 Å². The molecule has 2 N–H and O–H groups in total. The average Bonchev–Trinajstić information content (AvgIpc) is 2.96. The minimum atomic E-state index is -3.78. The Morgan fingerprint density at radius 1 is 1.25 bits per heavy atom. The number of aromatic amines is 1. The van der Waals surface area contributed by atoms with Crippen LogP contribution in [0.1, 0.15) is 35.0 Å². The van der Waals surface area contributed by atoms with Gasteiger partial charge in [0, 0.05) is 23.7 Å². The molecule has 0 aliphatic carbocycles. The Morgan fingerprint density at radius 3 is 2.71 bits per heavy atom. The van der Waals surface area contributed by atoms with Gasteiger partial charge in [-0.05, 0) is 43.2 Å². The fourth-order valence-electron chi connectivity index (χ4n) is 2.94. The van der Waals surface area contributed by atoms with Gasteiger partial charge >= 0.3 is 0 Å². The summed E-state index contributed by atoms with van der Waals surface area (Å²) in [5.74, 6) is -3.29. The van der Waals surface area contributed by atoms with Crippen molar-refractivity contribution in [1.82, 2.24) is 9.97 Å². The van der Waals surface area contributed by atoms with Gasteiger partial charge in [-0.15, -0.1) is 0 Å². The molecule has 3 rings (SSSR count). The highest BCUT2D eigenvalue weighted by atomic mass is 32.2. The minimum absolute atomic E-state index is 0.213. The second-order valence-electron chi connectivity index (χ2n) is 6.54. The van der Waals surface area contributed by atoms with E-state index in [9.17, 15) is 22.0 Å². The van der Waals surface area contributed by atoms with E-state index in [2.05, 4.69) is 14.7 Å². The lowest BCUT2D eigenvalue weighted by molar-refractivity contribution is 0.0985. The zero-order chi connectivity index (χ0) is 20.5. The van der Waals surface area contributed by atoms with Gasteiger partial charge < -0.3 is 4.98 Å². The first-order chi connectivity index (χ1) is 13.2. The first-order valence-electron chi connectivity index (χ1n) is 8.66. The number of hydrogen-bond acceptors (Lipinski definition) is 4. The zero-order valence-corrected chi connectivity index (χ0v) is 16.2. The van der Waals surface area contributed by atoms with Crippen molar-refractivity contribution in [2.45, 2.75) is 26.7 Å². The van der Waals surface area contributed by atoms with Crippen molar-refractivity contribution < 1.29 is 22.0 Å². The van der Waals surface area contributed by atoms with E-state index in [1.54, 1.807) is 13.0 Å². The molecular formula is C19H19F2N3O3S. The summed E-state index contributed by atoms with van der Waals surface area (Å²) in [6.07, 6.45) is 1.52. The normalized spacial score (nSPS) is 11.7. The summed E-state index contributed by atoms with van der Waals surface area (Å²) < 4.78 is 54.7. The van der Waals surface area contributed by atoms with E-state index in [0.29, 0.717) is 17.6 Å². The zero-order valence-electron chi connectivity index (χ0n) is 15.3. The van der Waals surface area contributed by atoms with Crippen LogP contribution in [0.3, 0.4) is 0 Å². The number of H-pyrrole nitrogens is 1. The molecule has 0 fully saturated rings. The monoisotopic (exact) mass is 407 g/mol. The number of carbonyl (C=O) groups excluding carboxylic acids is 1. The third kappa shape index (κ3) is 4.19. The van der Waals surface area contributed by atoms with Gasteiger partial charge in [-0.1, -0.05) is 6.92 Å². The molecule has 0 bridgehead atoms.